The minimum absolute atomic E-state index is 0.475. The first-order valence-corrected chi connectivity index (χ1v) is 7.86. The van der Waals surface area contributed by atoms with Crippen LogP contribution in [0.4, 0.5) is 0 Å². The fourth-order valence-electron chi connectivity index (χ4n) is 4.04. The SMILES string of the molecule is CNC1c2ccccc2CC1N(C)C1CCCN(C)C1. The van der Waals surface area contributed by atoms with Crippen LogP contribution in [0.3, 0.4) is 0 Å². The van der Waals surface area contributed by atoms with Crippen molar-refractivity contribution in [2.24, 2.45) is 0 Å². The summed E-state index contributed by atoms with van der Waals surface area (Å²) in [6, 6.07) is 10.7. The molecule has 3 heteroatoms. The molecule has 0 saturated carbocycles. The third-order valence-electron chi connectivity index (χ3n) is 5.21. The highest BCUT2D eigenvalue weighted by molar-refractivity contribution is 5.37. The average molecular weight is 273 g/mol. The van der Waals surface area contributed by atoms with Crippen molar-refractivity contribution in [3.63, 3.8) is 0 Å². The maximum absolute atomic E-state index is 3.55. The summed E-state index contributed by atoms with van der Waals surface area (Å²) < 4.78 is 0. The Hall–Kier alpha value is -0.900. The maximum Gasteiger partial charge on any atom is 0.0481 e. The molecule has 3 atom stereocenters. The fraction of sp³-hybridized carbons (Fsp3) is 0.647. The van der Waals surface area contributed by atoms with E-state index in [0.29, 0.717) is 18.1 Å². The van der Waals surface area contributed by atoms with Crippen molar-refractivity contribution in [1.29, 1.82) is 0 Å². The van der Waals surface area contributed by atoms with Crippen molar-refractivity contribution in [3.8, 4) is 0 Å². The predicted octanol–water partition coefficient (Wildman–Crippen LogP) is 1.90. The lowest BCUT2D eigenvalue weighted by molar-refractivity contribution is 0.0872. The van der Waals surface area contributed by atoms with Gasteiger partial charge in [-0.15, -0.1) is 0 Å². The minimum atomic E-state index is 0.475. The molecule has 3 nitrogen and oxygen atoms in total. The molecule has 2 aliphatic rings. The monoisotopic (exact) mass is 273 g/mol. The van der Waals surface area contributed by atoms with Crippen molar-refractivity contribution in [1.82, 2.24) is 15.1 Å². The van der Waals surface area contributed by atoms with Crippen LogP contribution in [0.25, 0.3) is 0 Å². The first-order chi connectivity index (χ1) is 9.70. The van der Waals surface area contributed by atoms with E-state index in [-0.39, 0.29) is 0 Å². The third-order valence-corrected chi connectivity index (χ3v) is 5.21. The molecular formula is C17H27N3. The first kappa shape index (κ1) is 14.1. The van der Waals surface area contributed by atoms with E-state index in [2.05, 4.69) is 60.5 Å². The smallest absolute Gasteiger partial charge is 0.0481 e. The van der Waals surface area contributed by atoms with Gasteiger partial charge in [-0.05, 0) is 58.1 Å². The Morgan fingerprint density at radius 3 is 2.85 bits per heavy atom. The zero-order valence-corrected chi connectivity index (χ0v) is 13.0. The van der Waals surface area contributed by atoms with E-state index in [0.717, 1.165) is 0 Å². The summed E-state index contributed by atoms with van der Waals surface area (Å²) in [7, 11) is 6.67. The fourth-order valence-corrected chi connectivity index (χ4v) is 4.04. The zero-order chi connectivity index (χ0) is 14.1. The van der Waals surface area contributed by atoms with Crippen LogP contribution in [0.15, 0.2) is 24.3 Å². The normalized spacial score (nSPS) is 30.7. The van der Waals surface area contributed by atoms with Crippen molar-refractivity contribution in [2.75, 3.05) is 34.2 Å². The van der Waals surface area contributed by atoms with Crippen molar-refractivity contribution >= 4 is 0 Å². The molecule has 1 aliphatic carbocycles. The molecule has 1 aromatic carbocycles. The van der Waals surface area contributed by atoms with Crippen LogP contribution in [0.2, 0.25) is 0 Å². The number of nitrogens with one attached hydrogen (secondary N) is 1. The van der Waals surface area contributed by atoms with Gasteiger partial charge in [-0.3, -0.25) is 4.90 Å². The Morgan fingerprint density at radius 1 is 1.30 bits per heavy atom. The van der Waals surface area contributed by atoms with E-state index >= 15 is 0 Å². The molecule has 1 N–H and O–H groups in total. The number of rotatable bonds is 3. The summed E-state index contributed by atoms with van der Waals surface area (Å²) in [6.07, 6.45) is 3.85. The highest BCUT2D eigenvalue weighted by Crippen LogP contribution is 2.35. The third kappa shape index (κ3) is 2.50. The van der Waals surface area contributed by atoms with Crippen molar-refractivity contribution < 1.29 is 0 Å². The van der Waals surface area contributed by atoms with E-state index in [1.165, 1.54) is 43.5 Å². The minimum Gasteiger partial charge on any atom is -0.312 e. The first-order valence-electron chi connectivity index (χ1n) is 7.86. The van der Waals surface area contributed by atoms with E-state index in [9.17, 15) is 0 Å². The van der Waals surface area contributed by atoms with Crippen LogP contribution in [0.5, 0.6) is 0 Å². The molecule has 3 unspecified atom stereocenters. The van der Waals surface area contributed by atoms with Crippen LogP contribution < -0.4 is 5.32 Å². The molecule has 0 radical (unpaired) electrons. The Bertz CT molecular complexity index is 459. The molecule has 1 aromatic rings. The van der Waals surface area contributed by atoms with Crippen LogP contribution in [0, 0.1) is 0 Å². The zero-order valence-electron chi connectivity index (χ0n) is 13.0. The number of benzene rings is 1. The number of likely N-dealkylation sites (tertiary alicyclic amines) is 1. The molecule has 0 aromatic heterocycles. The molecular weight excluding hydrogens is 246 g/mol. The molecule has 1 fully saturated rings. The topological polar surface area (TPSA) is 18.5 Å². The molecule has 0 bridgehead atoms. The van der Waals surface area contributed by atoms with Crippen molar-refractivity contribution in [3.05, 3.63) is 35.4 Å². The second kappa shape index (κ2) is 5.84. The van der Waals surface area contributed by atoms with Gasteiger partial charge < -0.3 is 10.2 Å². The summed E-state index contributed by atoms with van der Waals surface area (Å²) in [5.41, 5.74) is 3.02. The lowest BCUT2D eigenvalue weighted by Gasteiger charge is -2.40. The van der Waals surface area contributed by atoms with Crippen LogP contribution in [-0.4, -0.2) is 56.1 Å². The molecule has 1 heterocycles. The van der Waals surface area contributed by atoms with Crippen molar-refractivity contribution in [2.45, 2.75) is 37.4 Å². The van der Waals surface area contributed by atoms with E-state index < -0.39 is 0 Å². The Kier molecular flexibility index (Phi) is 4.11. The van der Waals surface area contributed by atoms with Gasteiger partial charge in [0.25, 0.3) is 0 Å². The van der Waals surface area contributed by atoms with Gasteiger partial charge in [0.15, 0.2) is 0 Å². The van der Waals surface area contributed by atoms with Crippen LogP contribution >= 0.6 is 0 Å². The summed E-state index contributed by atoms with van der Waals surface area (Å²) in [4.78, 5) is 5.11. The van der Waals surface area contributed by atoms with Gasteiger partial charge in [0, 0.05) is 24.7 Å². The van der Waals surface area contributed by atoms with Gasteiger partial charge in [0.05, 0.1) is 0 Å². The highest BCUT2D eigenvalue weighted by atomic mass is 15.2. The number of hydrogen-bond donors (Lipinski definition) is 1. The van der Waals surface area contributed by atoms with E-state index in [1.807, 2.05) is 0 Å². The number of fused-ring (bicyclic) bond motifs is 1. The van der Waals surface area contributed by atoms with Crippen LogP contribution in [0.1, 0.15) is 30.0 Å². The predicted molar refractivity (Wildman–Crippen MR) is 84.0 cm³/mol. The largest absolute Gasteiger partial charge is 0.312 e. The highest BCUT2D eigenvalue weighted by Gasteiger charge is 2.36. The second-order valence-electron chi connectivity index (χ2n) is 6.46. The van der Waals surface area contributed by atoms with Gasteiger partial charge in [-0.2, -0.15) is 0 Å². The second-order valence-corrected chi connectivity index (χ2v) is 6.46. The number of likely N-dealkylation sites (N-methyl/N-ethyl adjacent to an activating group) is 3. The molecule has 110 valence electrons. The summed E-state index contributed by atoms with van der Waals surface area (Å²) in [6.45, 7) is 2.46. The van der Waals surface area contributed by atoms with E-state index in [1.54, 1.807) is 0 Å². The standard InChI is InChI=1S/C17H27N3/c1-18-17-15-9-5-4-7-13(15)11-16(17)20(3)14-8-6-10-19(2)12-14/h4-5,7,9,14,16-18H,6,8,10-12H2,1-3H3. The average Bonchev–Trinajstić information content (AvgIpc) is 2.85. The molecule has 20 heavy (non-hydrogen) atoms. The van der Waals surface area contributed by atoms with Gasteiger partial charge in [-0.25, -0.2) is 0 Å². The molecule has 0 amide bonds. The summed E-state index contributed by atoms with van der Waals surface area (Å²) in [5, 5.41) is 3.55. The van der Waals surface area contributed by atoms with Gasteiger partial charge in [0.2, 0.25) is 0 Å². The number of hydrogen-bond acceptors (Lipinski definition) is 3. The Labute approximate surface area is 123 Å². The van der Waals surface area contributed by atoms with Gasteiger partial charge in [-0.1, -0.05) is 24.3 Å². The molecule has 0 spiro atoms. The Balaban J connectivity index is 1.77. The molecule has 1 aliphatic heterocycles. The van der Waals surface area contributed by atoms with E-state index in [4.69, 9.17) is 0 Å². The van der Waals surface area contributed by atoms with Gasteiger partial charge in [0.1, 0.15) is 0 Å². The molecule has 1 saturated heterocycles. The number of piperidine rings is 1. The van der Waals surface area contributed by atoms with Gasteiger partial charge >= 0.3 is 0 Å². The Morgan fingerprint density at radius 2 is 2.10 bits per heavy atom. The lowest BCUT2D eigenvalue weighted by atomic mass is 10.00. The molecule has 3 rings (SSSR count). The summed E-state index contributed by atoms with van der Waals surface area (Å²) in [5.74, 6) is 0. The lowest BCUT2D eigenvalue weighted by Crippen LogP contribution is -2.51. The number of nitrogens with zero attached hydrogens (tertiary/aromatic N) is 2. The maximum atomic E-state index is 3.55. The van der Waals surface area contributed by atoms with Crippen LogP contribution in [-0.2, 0) is 6.42 Å². The summed E-state index contributed by atoms with van der Waals surface area (Å²) >= 11 is 0. The quantitative estimate of drug-likeness (QED) is 0.907.